The Bertz CT molecular complexity index is 230. The monoisotopic (exact) mass is 166 g/mol. The number of fused-ring (bicyclic) bond motifs is 1. The molecule has 0 radical (unpaired) electrons. The van der Waals surface area contributed by atoms with E-state index in [-0.39, 0.29) is 12.0 Å². The first kappa shape index (κ1) is 7.84. The summed E-state index contributed by atoms with van der Waals surface area (Å²) in [6.45, 7) is 1.84. The van der Waals surface area contributed by atoms with Crippen molar-refractivity contribution in [2.45, 2.75) is 38.7 Å². The highest BCUT2D eigenvalue weighted by atomic mass is 16.5. The first-order valence-corrected chi connectivity index (χ1v) is 4.65. The molecule has 1 saturated carbocycles. The zero-order valence-corrected chi connectivity index (χ0v) is 7.38. The van der Waals surface area contributed by atoms with E-state index in [0.717, 1.165) is 18.4 Å². The fraction of sp³-hybridized carbons (Fsp3) is 0.700. The zero-order valence-electron chi connectivity index (χ0n) is 7.38. The lowest BCUT2D eigenvalue weighted by Crippen LogP contribution is -2.36. The molecule has 0 N–H and O–H groups in total. The Morgan fingerprint density at radius 3 is 3.00 bits per heavy atom. The molecule has 2 rings (SSSR count). The Balaban J connectivity index is 2.19. The van der Waals surface area contributed by atoms with E-state index in [4.69, 9.17) is 4.74 Å². The van der Waals surface area contributed by atoms with Crippen molar-refractivity contribution in [3.8, 4) is 0 Å². The molecule has 66 valence electrons. The molecule has 1 fully saturated rings. The smallest absolute Gasteiger partial charge is 0.168 e. The lowest BCUT2D eigenvalue weighted by atomic mass is 9.80. The summed E-state index contributed by atoms with van der Waals surface area (Å²) in [4.78, 5) is 11.6. The topological polar surface area (TPSA) is 26.3 Å². The molecule has 0 bridgehead atoms. The van der Waals surface area contributed by atoms with E-state index >= 15 is 0 Å². The number of hydrogen-bond acceptors (Lipinski definition) is 2. The van der Waals surface area contributed by atoms with E-state index in [0.29, 0.717) is 5.78 Å². The van der Waals surface area contributed by atoms with Crippen molar-refractivity contribution in [1.29, 1.82) is 0 Å². The van der Waals surface area contributed by atoms with Gasteiger partial charge in [-0.1, -0.05) is 6.42 Å². The maximum Gasteiger partial charge on any atom is 0.168 e. The molecule has 12 heavy (non-hydrogen) atoms. The van der Waals surface area contributed by atoms with Gasteiger partial charge in [0.1, 0.15) is 6.10 Å². The average Bonchev–Trinajstić information content (AvgIpc) is 2.12. The standard InChI is InChI=1S/C10H14O2/c1-7-6-12-9-5-3-2-4-8(9)10(7)11/h6,8-9H,2-5H2,1H3. The highest BCUT2D eigenvalue weighted by Crippen LogP contribution is 2.32. The first-order chi connectivity index (χ1) is 5.79. The summed E-state index contributed by atoms with van der Waals surface area (Å²) in [6.07, 6.45) is 6.30. The lowest BCUT2D eigenvalue weighted by molar-refractivity contribution is -0.126. The van der Waals surface area contributed by atoms with Crippen LogP contribution in [0.3, 0.4) is 0 Å². The van der Waals surface area contributed by atoms with Crippen LogP contribution in [0.15, 0.2) is 11.8 Å². The number of ether oxygens (including phenoxy) is 1. The Hall–Kier alpha value is -0.790. The molecule has 2 nitrogen and oxygen atoms in total. The van der Waals surface area contributed by atoms with Crippen molar-refractivity contribution in [2.24, 2.45) is 5.92 Å². The number of hydrogen-bond donors (Lipinski definition) is 0. The Morgan fingerprint density at radius 2 is 2.17 bits per heavy atom. The molecule has 0 aromatic heterocycles. The molecule has 2 aliphatic rings. The van der Waals surface area contributed by atoms with Crippen LogP contribution in [0.25, 0.3) is 0 Å². The first-order valence-electron chi connectivity index (χ1n) is 4.65. The third-order valence-corrected chi connectivity index (χ3v) is 2.85. The van der Waals surface area contributed by atoms with Crippen molar-refractivity contribution < 1.29 is 9.53 Å². The second-order valence-corrected chi connectivity index (χ2v) is 3.73. The van der Waals surface area contributed by atoms with Crippen LogP contribution >= 0.6 is 0 Å². The van der Waals surface area contributed by atoms with Crippen LogP contribution in [0.1, 0.15) is 32.6 Å². The second-order valence-electron chi connectivity index (χ2n) is 3.73. The molecular weight excluding hydrogens is 152 g/mol. The molecule has 0 spiro atoms. The summed E-state index contributed by atoms with van der Waals surface area (Å²) < 4.78 is 5.48. The van der Waals surface area contributed by atoms with E-state index in [1.165, 1.54) is 12.8 Å². The second kappa shape index (κ2) is 2.92. The molecule has 0 saturated heterocycles. The molecule has 1 aliphatic carbocycles. The predicted molar refractivity (Wildman–Crippen MR) is 45.6 cm³/mol. The summed E-state index contributed by atoms with van der Waals surface area (Å²) in [5, 5.41) is 0. The summed E-state index contributed by atoms with van der Waals surface area (Å²) in [5.74, 6) is 0.481. The third kappa shape index (κ3) is 1.15. The number of carbonyl (C=O) groups is 1. The van der Waals surface area contributed by atoms with Crippen molar-refractivity contribution in [2.75, 3.05) is 0 Å². The highest BCUT2D eigenvalue weighted by Gasteiger charge is 2.35. The highest BCUT2D eigenvalue weighted by molar-refractivity contribution is 5.97. The van der Waals surface area contributed by atoms with Crippen LogP contribution in [-0.2, 0) is 9.53 Å². The van der Waals surface area contributed by atoms with Gasteiger partial charge in [0, 0.05) is 5.57 Å². The van der Waals surface area contributed by atoms with Gasteiger partial charge in [-0.25, -0.2) is 0 Å². The van der Waals surface area contributed by atoms with E-state index in [1.807, 2.05) is 6.92 Å². The van der Waals surface area contributed by atoms with Gasteiger partial charge < -0.3 is 4.74 Å². The third-order valence-electron chi connectivity index (χ3n) is 2.85. The van der Waals surface area contributed by atoms with Crippen LogP contribution in [0.4, 0.5) is 0 Å². The van der Waals surface area contributed by atoms with E-state index in [2.05, 4.69) is 0 Å². The number of allylic oxidation sites excluding steroid dienone is 1. The predicted octanol–water partition coefficient (Wildman–Crippen LogP) is 2.05. The Morgan fingerprint density at radius 1 is 1.42 bits per heavy atom. The molecule has 2 atom stereocenters. The molecule has 2 unspecified atom stereocenters. The van der Waals surface area contributed by atoms with Gasteiger partial charge in [-0.3, -0.25) is 4.79 Å². The largest absolute Gasteiger partial charge is 0.497 e. The van der Waals surface area contributed by atoms with Gasteiger partial charge in [-0.2, -0.15) is 0 Å². The number of Topliss-reactive ketones (excluding diaryl/α,β-unsaturated/α-hetero) is 1. The maximum atomic E-state index is 11.6. The quantitative estimate of drug-likeness (QED) is 0.550. The van der Waals surface area contributed by atoms with Gasteiger partial charge in [0.2, 0.25) is 0 Å². The molecule has 1 heterocycles. The molecule has 1 aliphatic heterocycles. The van der Waals surface area contributed by atoms with Crippen LogP contribution in [0.5, 0.6) is 0 Å². The lowest BCUT2D eigenvalue weighted by Gasteiger charge is -2.33. The summed E-state index contributed by atoms with van der Waals surface area (Å²) in [6, 6.07) is 0. The molecule has 0 aromatic carbocycles. The zero-order chi connectivity index (χ0) is 8.55. The van der Waals surface area contributed by atoms with Gasteiger partial charge in [0.25, 0.3) is 0 Å². The van der Waals surface area contributed by atoms with Gasteiger partial charge in [-0.15, -0.1) is 0 Å². The van der Waals surface area contributed by atoms with E-state index < -0.39 is 0 Å². The van der Waals surface area contributed by atoms with E-state index in [1.54, 1.807) is 6.26 Å². The van der Waals surface area contributed by atoms with Crippen molar-refractivity contribution in [3.63, 3.8) is 0 Å². The fourth-order valence-corrected chi connectivity index (χ4v) is 2.10. The molecule has 2 heteroatoms. The van der Waals surface area contributed by atoms with Crippen LogP contribution in [0.2, 0.25) is 0 Å². The normalized spacial score (nSPS) is 35.1. The minimum absolute atomic E-state index is 0.170. The Labute approximate surface area is 72.6 Å². The van der Waals surface area contributed by atoms with Gasteiger partial charge in [0.05, 0.1) is 12.2 Å². The molecular formula is C10H14O2. The SMILES string of the molecule is CC1=COC2CCCCC2C1=O. The number of carbonyl (C=O) groups excluding carboxylic acids is 1. The van der Waals surface area contributed by atoms with Crippen molar-refractivity contribution in [1.82, 2.24) is 0 Å². The van der Waals surface area contributed by atoms with Crippen LogP contribution in [0, 0.1) is 5.92 Å². The summed E-state index contributed by atoms with van der Waals surface area (Å²) >= 11 is 0. The van der Waals surface area contributed by atoms with Gasteiger partial charge in [0.15, 0.2) is 5.78 Å². The number of rotatable bonds is 0. The van der Waals surface area contributed by atoms with E-state index in [9.17, 15) is 4.79 Å². The fourth-order valence-electron chi connectivity index (χ4n) is 2.10. The minimum Gasteiger partial charge on any atom is -0.497 e. The average molecular weight is 166 g/mol. The van der Waals surface area contributed by atoms with Crippen LogP contribution < -0.4 is 0 Å². The van der Waals surface area contributed by atoms with Gasteiger partial charge >= 0.3 is 0 Å². The molecule has 0 aromatic rings. The minimum atomic E-state index is 0.170. The van der Waals surface area contributed by atoms with Crippen LogP contribution in [-0.4, -0.2) is 11.9 Å². The number of ketones is 1. The van der Waals surface area contributed by atoms with Crippen molar-refractivity contribution in [3.05, 3.63) is 11.8 Å². The summed E-state index contributed by atoms with van der Waals surface area (Å²) in [5.41, 5.74) is 0.790. The molecule has 0 amide bonds. The Kier molecular flexibility index (Phi) is 1.91. The maximum absolute atomic E-state index is 11.6. The van der Waals surface area contributed by atoms with Gasteiger partial charge in [-0.05, 0) is 26.2 Å². The summed E-state index contributed by atoms with van der Waals surface area (Å²) in [7, 11) is 0. The van der Waals surface area contributed by atoms with Crippen molar-refractivity contribution >= 4 is 5.78 Å².